The van der Waals surface area contributed by atoms with Crippen molar-refractivity contribution in [2.24, 2.45) is 5.84 Å². The van der Waals surface area contributed by atoms with Crippen molar-refractivity contribution in [3.05, 3.63) is 42.2 Å². The van der Waals surface area contributed by atoms with Crippen LogP contribution < -0.4 is 11.3 Å². The molecule has 0 saturated heterocycles. The topological polar surface area (TPSA) is 60.2 Å². The highest BCUT2D eigenvalue weighted by atomic mass is 16.5. The molecule has 2 aromatic rings. The Balaban J connectivity index is 2.41. The van der Waals surface area contributed by atoms with Gasteiger partial charge in [0.2, 0.25) is 0 Å². The van der Waals surface area contributed by atoms with Gasteiger partial charge in [-0.15, -0.1) is 0 Å². The summed E-state index contributed by atoms with van der Waals surface area (Å²) >= 11 is 0. The predicted octanol–water partition coefficient (Wildman–Crippen LogP) is 2.55. The highest BCUT2D eigenvalue weighted by molar-refractivity contribution is 5.85. The first-order valence-corrected chi connectivity index (χ1v) is 6.41. The zero-order valence-corrected chi connectivity index (χ0v) is 11.7. The van der Waals surface area contributed by atoms with Gasteiger partial charge in [-0.2, -0.15) is 0 Å². The van der Waals surface area contributed by atoms with Crippen LogP contribution in [0.15, 0.2) is 36.7 Å². The molecule has 0 aliphatic carbocycles. The smallest absolute Gasteiger partial charge is 0.0641 e. The maximum atomic E-state index is 5.73. The van der Waals surface area contributed by atoms with Crippen molar-refractivity contribution in [3.63, 3.8) is 0 Å². The molecular weight excluding hydrogens is 238 g/mol. The summed E-state index contributed by atoms with van der Waals surface area (Å²) in [5, 5.41) is 2.29. The van der Waals surface area contributed by atoms with Crippen LogP contribution in [0.3, 0.4) is 0 Å². The van der Waals surface area contributed by atoms with Gasteiger partial charge in [0.15, 0.2) is 0 Å². The molecule has 1 aromatic heterocycles. The van der Waals surface area contributed by atoms with Gasteiger partial charge < -0.3 is 4.74 Å². The molecule has 1 heterocycles. The molecule has 4 nitrogen and oxygen atoms in total. The molecule has 0 saturated carbocycles. The molecule has 1 unspecified atom stereocenters. The second-order valence-electron chi connectivity index (χ2n) is 5.33. The van der Waals surface area contributed by atoms with Crippen molar-refractivity contribution >= 4 is 10.8 Å². The van der Waals surface area contributed by atoms with E-state index in [1.165, 1.54) is 5.39 Å². The third kappa shape index (κ3) is 3.10. The van der Waals surface area contributed by atoms with E-state index >= 15 is 0 Å². The Morgan fingerprint density at radius 3 is 2.84 bits per heavy atom. The van der Waals surface area contributed by atoms with Gasteiger partial charge in [-0.1, -0.05) is 18.2 Å². The molecule has 3 N–H and O–H groups in total. The van der Waals surface area contributed by atoms with E-state index in [1.807, 2.05) is 18.3 Å². The maximum absolute atomic E-state index is 5.73. The number of benzene rings is 1. The largest absolute Gasteiger partial charge is 0.379 e. The fourth-order valence-corrected chi connectivity index (χ4v) is 2.27. The lowest BCUT2D eigenvalue weighted by atomic mass is 9.91. The molecule has 0 aliphatic heterocycles. The van der Waals surface area contributed by atoms with Crippen molar-refractivity contribution in [2.75, 3.05) is 7.11 Å². The summed E-state index contributed by atoms with van der Waals surface area (Å²) < 4.78 is 5.49. The fourth-order valence-electron chi connectivity index (χ4n) is 2.27. The fraction of sp³-hybridized carbons (Fsp3) is 0.400. The third-order valence-corrected chi connectivity index (χ3v) is 3.54. The minimum absolute atomic E-state index is 0.0304. The van der Waals surface area contributed by atoms with Gasteiger partial charge in [0.25, 0.3) is 0 Å². The van der Waals surface area contributed by atoms with Gasteiger partial charge in [0, 0.05) is 30.9 Å². The van der Waals surface area contributed by atoms with Gasteiger partial charge in [0.05, 0.1) is 5.60 Å². The summed E-state index contributed by atoms with van der Waals surface area (Å²) in [5.74, 6) is 5.73. The first-order valence-electron chi connectivity index (χ1n) is 6.41. The zero-order chi connectivity index (χ0) is 13.9. The standard InChI is InChI=1S/C15H21N3O/c1-15(2,19-3)9-14(18-16)12-6-4-5-11-7-8-17-10-13(11)12/h4-8,10,14,18H,9,16H2,1-3H3. The Labute approximate surface area is 113 Å². The van der Waals surface area contributed by atoms with E-state index in [1.54, 1.807) is 13.3 Å². The number of fused-ring (bicyclic) bond motifs is 1. The number of hydrazine groups is 1. The molecule has 0 bridgehead atoms. The summed E-state index contributed by atoms with van der Waals surface area (Å²) in [4.78, 5) is 4.21. The number of nitrogens with two attached hydrogens (primary N) is 1. The average Bonchev–Trinajstić information content (AvgIpc) is 2.44. The molecule has 19 heavy (non-hydrogen) atoms. The highest BCUT2D eigenvalue weighted by Crippen LogP contribution is 2.29. The van der Waals surface area contributed by atoms with Crippen molar-refractivity contribution in [1.29, 1.82) is 0 Å². The molecule has 0 fully saturated rings. The maximum Gasteiger partial charge on any atom is 0.0641 e. The number of hydrogen-bond donors (Lipinski definition) is 2. The molecule has 2 rings (SSSR count). The number of nitrogens with one attached hydrogen (secondary N) is 1. The second kappa shape index (κ2) is 5.65. The van der Waals surface area contributed by atoms with E-state index < -0.39 is 0 Å². The van der Waals surface area contributed by atoms with Crippen LogP contribution in [-0.4, -0.2) is 17.7 Å². The molecular formula is C15H21N3O. The van der Waals surface area contributed by atoms with E-state index in [9.17, 15) is 0 Å². The normalized spacial score (nSPS) is 13.7. The average molecular weight is 259 g/mol. The lowest BCUT2D eigenvalue weighted by Gasteiger charge is -2.29. The number of rotatable bonds is 5. The van der Waals surface area contributed by atoms with Crippen LogP contribution in [0.1, 0.15) is 31.9 Å². The molecule has 1 atom stereocenters. The Morgan fingerprint density at radius 2 is 2.16 bits per heavy atom. The first kappa shape index (κ1) is 13.9. The monoisotopic (exact) mass is 259 g/mol. The Morgan fingerprint density at radius 1 is 1.37 bits per heavy atom. The number of nitrogens with zero attached hydrogens (tertiary/aromatic N) is 1. The minimum Gasteiger partial charge on any atom is -0.379 e. The summed E-state index contributed by atoms with van der Waals surface area (Å²) in [6.07, 6.45) is 4.47. The number of ether oxygens (including phenoxy) is 1. The lowest BCUT2D eigenvalue weighted by molar-refractivity contribution is 0.00693. The second-order valence-corrected chi connectivity index (χ2v) is 5.33. The van der Waals surface area contributed by atoms with Crippen LogP contribution in [0.2, 0.25) is 0 Å². The number of methoxy groups -OCH3 is 1. The van der Waals surface area contributed by atoms with E-state index in [4.69, 9.17) is 10.6 Å². The Hall–Kier alpha value is -1.49. The lowest BCUT2D eigenvalue weighted by Crippen LogP contribution is -2.35. The van der Waals surface area contributed by atoms with Crippen LogP contribution in [0.5, 0.6) is 0 Å². The van der Waals surface area contributed by atoms with Gasteiger partial charge in [-0.25, -0.2) is 0 Å². The Bertz CT molecular complexity index is 549. The number of hydrogen-bond acceptors (Lipinski definition) is 4. The summed E-state index contributed by atoms with van der Waals surface area (Å²) in [6.45, 7) is 4.11. The Kier molecular flexibility index (Phi) is 4.14. The molecule has 0 radical (unpaired) electrons. The zero-order valence-electron chi connectivity index (χ0n) is 11.7. The highest BCUT2D eigenvalue weighted by Gasteiger charge is 2.24. The van der Waals surface area contributed by atoms with Crippen LogP contribution in [0.4, 0.5) is 0 Å². The van der Waals surface area contributed by atoms with Gasteiger partial charge in [-0.3, -0.25) is 16.3 Å². The van der Waals surface area contributed by atoms with Gasteiger partial charge in [0.1, 0.15) is 0 Å². The van der Waals surface area contributed by atoms with Crippen LogP contribution in [-0.2, 0) is 4.74 Å². The third-order valence-electron chi connectivity index (χ3n) is 3.54. The van der Waals surface area contributed by atoms with Crippen LogP contribution >= 0.6 is 0 Å². The molecule has 4 heteroatoms. The van der Waals surface area contributed by atoms with Crippen molar-refractivity contribution < 1.29 is 4.74 Å². The number of aromatic nitrogens is 1. The molecule has 0 spiro atoms. The molecule has 0 aliphatic rings. The van der Waals surface area contributed by atoms with Gasteiger partial charge in [-0.05, 0) is 37.3 Å². The van der Waals surface area contributed by atoms with Crippen molar-refractivity contribution in [1.82, 2.24) is 10.4 Å². The van der Waals surface area contributed by atoms with E-state index in [0.29, 0.717) is 0 Å². The minimum atomic E-state index is -0.235. The quantitative estimate of drug-likeness (QED) is 0.640. The molecule has 0 amide bonds. The van der Waals surface area contributed by atoms with Crippen LogP contribution in [0, 0.1) is 0 Å². The summed E-state index contributed by atoms with van der Waals surface area (Å²) in [6, 6.07) is 8.24. The van der Waals surface area contributed by atoms with Crippen molar-refractivity contribution in [2.45, 2.75) is 31.9 Å². The van der Waals surface area contributed by atoms with Gasteiger partial charge >= 0.3 is 0 Å². The first-order chi connectivity index (χ1) is 9.07. The van der Waals surface area contributed by atoms with E-state index in [0.717, 1.165) is 17.4 Å². The predicted molar refractivity (Wildman–Crippen MR) is 77.5 cm³/mol. The number of pyridine rings is 1. The van der Waals surface area contributed by atoms with Crippen LogP contribution in [0.25, 0.3) is 10.8 Å². The van der Waals surface area contributed by atoms with E-state index in [-0.39, 0.29) is 11.6 Å². The molecule has 102 valence electrons. The molecule has 1 aromatic carbocycles. The van der Waals surface area contributed by atoms with E-state index in [2.05, 4.69) is 36.4 Å². The van der Waals surface area contributed by atoms with Crippen molar-refractivity contribution in [3.8, 4) is 0 Å². The summed E-state index contributed by atoms with van der Waals surface area (Å²) in [7, 11) is 1.72. The SMILES string of the molecule is COC(C)(C)CC(NN)c1cccc2ccncc12. The summed E-state index contributed by atoms with van der Waals surface area (Å²) in [5.41, 5.74) is 3.81.